The van der Waals surface area contributed by atoms with Crippen molar-refractivity contribution in [3.8, 4) is 78.6 Å². The van der Waals surface area contributed by atoms with Gasteiger partial charge in [-0.05, 0) is 256 Å². The molecule has 0 aliphatic heterocycles. The molecule has 0 aromatic heterocycles. The Morgan fingerprint density at radius 1 is 0.259 bits per heavy atom. The number of rotatable bonds is 19. The van der Waals surface area contributed by atoms with E-state index in [4.69, 9.17) is 9.47 Å². The molecule has 0 heterocycles. The zero-order valence-corrected chi connectivity index (χ0v) is 65.8. The lowest BCUT2D eigenvalue weighted by atomic mass is 9.67. The third-order valence-corrected chi connectivity index (χ3v) is 23.4. The van der Waals surface area contributed by atoms with Crippen LogP contribution in [0.25, 0.3) is 67.8 Å². The van der Waals surface area contributed by atoms with E-state index in [0.717, 1.165) is 135 Å². The van der Waals surface area contributed by atoms with Crippen LogP contribution in [0.4, 0.5) is 42.9 Å². The van der Waals surface area contributed by atoms with Crippen molar-refractivity contribution < 1.29 is 18.3 Å². The molecule has 16 aromatic carbocycles. The maximum Gasteiger partial charge on any atom is 0.131 e. The van der Waals surface area contributed by atoms with Crippen LogP contribution in [0.5, 0.6) is 23.0 Å². The van der Waals surface area contributed by atoms with E-state index in [1.807, 2.05) is 109 Å². The minimum absolute atomic E-state index is 0.0709. The van der Waals surface area contributed by atoms with Crippen LogP contribution in [0.2, 0.25) is 0 Å². The molecule has 0 saturated heterocycles. The SMILES string of the molecule is C=Cc1ccc(Oc2ccc(C3(c4ccc(C(C)(C)C)cc4)c4ccccc4-c4ccc(N(c5ccc(-c6ccc(N(c7ccc(-c8ccccc8F)cc7)c7ccc8c(c7)C(c7ccc(Oc9ccc(C=C)cc9)cc7)(c7ccc(C(C)(C)C)cc7)c7ccccc7-8)cc6)cc5)c5ccc(-c6ccccc6F)cc5)cc43)cc2)cc1. The topological polar surface area (TPSA) is 24.9 Å². The molecule has 16 aromatic rings. The lowest BCUT2D eigenvalue weighted by molar-refractivity contribution is 0.482. The second-order valence-corrected chi connectivity index (χ2v) is 32.3. The highest BCUT2D eigenvalue weighted by Crippen LogP contribution is 2.60. The summed E-state index contributed by atoms with van der Waals surface area (Å²) in [5.74, 6) is 2.40. The summed E-state index contributed by atoms with van der Waals surface area (Å²) in [6.45, 7) is 21.5. The Kier molecular flexibility index (Phi) is 18.9. The van der Waals surface area contributed by atoms with Crippen molar-refractivity contribution in [2.75, 3.05) is 9.80 Å². The number of nitrogens with zero attached hydrogens (tertiary/aromatic N) is 2. The van der Waals surface area contributed by atoms with Crippen LogP contribution in [0, 0.1) is 11.6 Å². The van der Waals surface area contributed by atoms with Gasteiger partial charge in [0.1, 0.15) is 34.6 Å². The standard InChI is InChI=1S/C110H86F2N2O2/c1-9-73-27-61-91(62-28-73)115-93-65-47-83(48-66-93)109(81-43-39-79(40-44-81)107(3,4)5)101-23-15-11-21-97(101)99-69-59-89(71-103(99)109)113(87-55-35-77(36-56-87)95-19-13-17-25-105(95)111)85-51-31-75(32-52-85)76-33-53-86(54-34-76)114(88-57-37-78(38-58-88)96-20-14-18-26-106(96)112)90-60-70-100-98-22-12-16-24-102(98)110(104(100)72-90,82-45-41-80(42-46-82)108(6,7)8)84-49-67-94(68-50-84)116-92-63-29-74(10-2)30-64-92/h9-72H,1-2H2,3-8H3. The van der Waals surface area contributed by atoms with Gasteiger partial charge in [-0.3, -0.25) is 0 Å². The monoisotopic (exact) mass is 1500 g/mol. The highest BCUT2D eigenvalue weighted by atomic mass is 19.1. The van der Waals surface area contributed by atoms with Crippen LogP contribution in [-0.4, -0.2) is 0 Å². The van der Waals surface area contributed by atoms with Gasteiger partial charge in [-0.25, -0.2) is 8.78 Å². The Balaban J connectivity index is 0.748. The van der Waals surface area contributed by atoms with E-state index in [1.165, 1.54) is 45.5 Å². The summed E-state index contributed by atoms with van der Waals surface area (Å²) < 4.78 is 44.3. The van der Waals surface area contributed by atoms with E-state index >= 15 is 8.78 Å². The van der Waals surface area contributed by atoms with E-state index in [2.05, 4.69) is 319 Å². The minimum Gasteiger partial charge on any atom is -0.457 e. The largest absolute Gasteiger partial charge is 0.457 e. The highest BCUT2D eigenvalue weighted by Gasteiger charge is 2.49. The maximum atomic E-state index is 15.6. The summed E-state index contributed by atoms with van der Waals surface area (Å²) in [6, 6.07) is 131. The molecule has 2 aliphatic carbocycles. The van der Waals surface area contributed by atoms with Gasteiger partial charge in [-0.1, -0.05) is 310 Å². The Labute approximate surface area is 679 Å². The van der Waals surface area contributed by atoms with Crippen LogP contribution in [0.15, 0.2) is 389 Å². The summed E-state index contributed by atoms with van der Waals surface area (Å²) in [5.41, 5.74) is 27.0. The van der Waals surface area contributed by atoms with Crippen LogP contribution < -0.4 is 19.3 Å². The van der Waals surface area contributed by atoms with Gasteiger partial charge < -0.3 is 19.3 Å². The number of benzene rings is 16. The first kappa shape index (κ1) is 73.5. The second-order valence-electron chi connectivity index (χ2n) is 32.3. The van der Waals surface area contributed by atoms with Crippen LogP contribution in [0.1, 0.15) is 108 Å². The molecule has 116 heavy (non-hydrogen) atoms. The van der Waals surface area contributed by atoms with Crippen LogP contribution >= 0.6 is 0 Å². The van der Waals surface area contributed by atoms with Gasteiger partial charge in [-0.15, -0.1) is 0 Å². The molecule has 0 radical (unpaired) electrons. The van der Waals surface area contributed by atoms with E-state index in [-0.39, 0.29) is 22.5 Å². The molecule has 0 fully saturated rings. The molecule has 0 N–H and O–H groups in total. The van der Waals surface area contributed by atoms with Gasteiger partial charge in [0, 0.05) is 45.3 Å². The molecular formula is C110H86F2N2O2. The number of hydrogen-bond donors (Lipinski definition) is 0. The summed E-state index contributed by atoms with van der Waals surface area (Å²) in [7, 11) is 0. The third kappa shape index (κ3) is 13.3. The molecule has 0 saturated carbocycles. The van der Waals surface area contributed by atoms with Gasteiger partial charge in [0.2, 0.25) is 0 Å². The summed E-state index contributed by atoms with van der Waals surface area (Å²) >= 11 is 0. The quantitative estimate of drug-likeness (QED) is 0.0806. The van der Waals surface area contributed by atoms with Crippen molar-refractivity contribution in [2.45, 2.75) is 63.2 Å². The molecule has 18 rings (SSSR count). The molecule has 2 unspecified atom stereocenters. The highest BCUT2D eigenvalue weighted by molar-refractivity contribution is 5.93. The van der Waals surface area contributed by atoms with Crippen molar-refractivity contribution in [3.05, 3.63) is 468 Å². The predicted molar refractivity (Wildman–Crippen MR) is 477 cm³/mol. The Morgan fingerprint density at radius 3 is 0.819 bits per heavy atom. The molecule has 0 amide bonds. The number of fused-ring (bicyclic) bond motifs is 6. The molecular weight excluding hydrogens is 1420 g/mol. The van der Waals surface area contributed by atoms with Gasteiger partial charge in [-0.2, -0.15) is 0 Å². The van der Waals surface area contributed by atoms with Crippen molar-refractivity contribution >= 4 is 46.3 Å². The van der Waals surface area contributed by atoms with Crippen molar-refractivity contribution in [1.29, 1.82) is 0 Å². The molecule has 562 valence electrons. The fourth-order valence-corrected chi connectivity index (χ4v) is 17.5. The van der Waals surface area contributed by atoms with Crippen LogP contribution in [0.3, 0.4) is 0 Å². The number of ether oxygens (including phenoxy) is 2. The zero-order chi connectivity index (χ0) is 79.5. The van der Waals surface area contributed by atoms with E-state index in [9.17, 15) is 0 Å². The molecule has 4 nitrogen and oxygen atoms in total. The Bertz CT molecular complexity index is 5950. The first-order valence-electron chi connectivity index (χ1n) is 39.7. The fraction of sp³-hybridized carbons (Fsp3) is 0.0909. The average molecular weight is 1510 g/mol. The Hall–Kier alpha value is -13.9. The molecule has 2 aliphatic rings. The summed E-state index contributed by atoms with van der Waals surface area (Å²) in [5, 5.41) is 0. The van der Waals surface area contributed by atoms with Crippen molar-refractivity contribution in [2.24, 2.45) is 0 Å². The van der Waals surface area contributed by atoms with Gasteiger partial charge in [0.15, 0.2) is 0 Å². The molecule has 6 heteroatoms. The second kappa shape index (κ2) is 29.9. The number of halogens is 2. The first-order chi connectivity index (χ1) is 56.4. The van der Waals surface area contributed by atoms with Gasteiger partial charge in [0.05, 0.1) is 10.8 Å². The lowest BCUT2D eigenvalue weighted by Crippen LogP contribution is -2.29. The maximum absolute atomic E-state index is 15.6. The van der Waals surface area contributed by atoms with Gasteiger partial charge in [0.25, 0.3) is 0 Å². The fourth-order valence-electron chi connectivity index (χ4n) is 17.5. The van der Waals surface area contributed by atoms with Crippen molar-refractivity contribution in [1.82, 2.24) is 0 Å². The summed E-state index contributed by atoms with van der Waals surface area (Å²) in [6.07, 6.45) is 3.67. The third-order valence-electron chi connectivity index (χ3n) is 23.4. The van der Waals surface area contributed by atoms with Gasteiger partial charge >= 0.3 is 0 Å². The van der Waals surface area contributed by atoms with E-state index < -0.39 is 10.8 Å². The van der Waals surface area contributed by atoms with E-state index in [0.29, 0.717) is 11.1 Å². The average Bonchev–Trinajstić information content (AvgIpc) is 1.54. The lowest BCUT2D eigenvalue weighted by Gasteiger charge is -2.35. The number of anilines is 6. The van der Waals surface area contributed by atoms with E-state index in [1.54, 1.807) is 12.1 Å². The zero-order valence-electron chi connectivity index (χ0n) is 65.8. The summed E-state index contributed by atoms with van der Waals surface area (Å²) in [4.78, 5) is 4.63. The predicted octanol–water partition coefficient (Wildman–Crippen LogP) is 30.1. The first-order valence-corrected chi connectivity index (χ1v) is 39.7. The normalized spacial score (nSPS) is 14.5. The molecule has 2 atom stereocenters. The minimum atomic E-state index is -0.765. The smallest absolute Gasteiger partial charge is 0.131 e. The Morgan fingerprint density at radius 2 is 0.517 bits per heavy atom. The number of hydrogen-bond acceptors (Lipinski definition) is 4. The molecule has 0 bridgehead atoms. The van der Waals surface area contributed by atoms with Crippen molar-refractivity contribution in [3.63, 3.8) is 0 Å². The van der Waals surface area contributed by atoms with Crippen LogP contribution in [-0.2, 0) is 21.7 Å². The molecule has 0 spiro atoms.